The molecule has 1 heterocycles. The number of carbonyl (C=O) groups is 2. The van der Waals surface area contributed by atoms with Gasteiger partial charge in [0.2, 0.25) is 0 Å². The van der Waals surface area contributed by atoms with Crippen LogP contribution in [0.1, 0.15) is 16.8 Å². The first-order valence-corrected chi connectivity index (χ1v) is 5.91. The summed E-state index contributed by atoms with van der Waals surface area (Å²) in [6.07, 6.45) is 2.96. The van der Waals surface area contributed by atoms with Crippen molar-refractivity contribution >= 4 is 11.9 Å². The number of cyclic esters (lactones) is 1. The lowest BCUT2D eigenvalue weighted by Crippen LogP contribution is -2.31. The second-order valence-corrected chi connectivity index (χ2v) is 4.18. The molecule has 1 saturated heterocycles. The molecule has 2 rings (SSSR count). The molecule has 1 aromatic rings. The maximum atomic E-state index is 11.6. The highest BCUT2D eigenvalue weighted by Crippen LogP contribution is 2.21. The lowest BCUT2D eigenvalue weighted by atomic mass is 10.0. The zero-order valence-electron chi connectivity index (χ0n) is 10.2. The molecule has 0 aliphatic carbocycles. The Morgan fingerprint density at radius 3 is 2.79 bits per heavy atom. The van der Waals surface area contributed by atoms with Crippen LogP contribution in [0.25, 0.3) is 0 Å². The van der Waals surface area contributed by atoms with Gasteiger partial charge in [-0.3, -0.25) is 0 Å². The first-order chi connectivity index (χ1) is 9.12. The monoisotopic (exact) mass is 262 g/mol. The van der Waals surface area contributed by atoms with Crippen molar-refractivity contribution in [3.63, 3.8) is 0 Å². The molecule has 0 bridgehead atoms. The molecular weight excluding hydrogens is 248 g/mol. The Kier molecular flexibility index (Phi) is 3.97. The van der Waals surface area contributed by atoms with Crippen LogP contribution >= 0.6 is 0 Å². The molecule has 1 unspecified atom stereocenters. The van der Waals surface area contributed by atoms with Gasteiger partial charge in [-0.25, -0.2) is 9.59 Å². The van der Waals surface area contributed by atoms with Crippen LogP contribution in [-0.2, 0) is 14.3 Å². The summed E-state index contributed by atoms with van der Waals surface area (Å²) in [7, 11) is 0. The number of carbonyl (C=O) groups excluding carboxylic acids is 2. The van der Waals surface area contributed by atoms with Crippen molar-refractivity contribution in [1.82, 2.24) is 0 Å². The van der Waals surface area contributed by atoms with E-state index in [9.17, 15) is 14.7 Å². The average Bonchev–Trinajstić information content (AvgIpc) is 2.76. The summed E-state index contributed by atoms with van der Waals surface area (Å²) in [4.78, 5) is 22.8. The topological polar surface area (TPSA) is 72.8 Å². The fourth-order valence-corrected chi connectivity index (χ4v) is 1.70. The van der Waals surface area contributed by atoms with Gasteiger partial charge in [0.05, 0.1) is 12.2 Å². The van der Waals surface area contributed by atoms with E-state index in [0.29, 0.717) is 5.56 Å². The van der Waals surface area contributed by atoms with Gasteiger partial charge in [0.25, 0.3) is 0 Å². The fraction of sp³-hybridized carbons (Fsp3) is 0.286. The van der Waals surface area contributed by atoms with Crippen LogP contribution in [0.3, 0.4) is 0 Å². The van der Waals surface area contributed by atoms with Crippen molar-refractivity contribution in [2.75, 3.05) is 13.2 Å². The van der Waals surface area contributed by atoms with Crippen molar-refractivity contribution < 1.29 is 24.2 Å². The minimum Gasteiger partial charge on any atom is -0.463 e. The van der Waals surface area contributed by atoms with Gasteiger partial charge in [-0.15, -0.1) is 0 Å². The molecule has 1 N–H and O–H groups in total. The Morgan fingerprint density at radius 1 is 1.42 bits per heavy atom. The Labute approximate surface area is 110 Å². The van der Waals surface area contributed by atoms with Crippen LogP contribution in [-0.4, -0.2) is 35.9 Å². The number of rotatable bonds is 4. The largest absolute Gasteiger partial charge is 0.463 e. The van der Waals surface area contributed by atoms with Gasteiger partial charge in [0.1, 0.15) is 6.61 Å². The van der Waals surface area contributed by atoms with Gasteiger partial charge < -0.3 is 14.6 Å². The molecule has 1 fully saturated rings. The predicted molar refractivity (Wildman–Crippen MR) is 66.4 cm³/mol. The second kappa shape index (κ2) is 5.67. The molecule has 1 aromatic carbocycles. The molecule has 1 atom stereocenters. The highest BCUT2D eigenvalue weighted by molar-refractivity contribution is 5.89. The normalized spacial score (nSPS) is 22.5. The van der Waals surface area contributed by atoms with E-state index in [1.165, 1.54) is 12.2 Å². The summed E-state index contributed by atoms with van der Waals surface area (Å²) in [6, 6.07) is 8.58. The van der Waals surface area contributed by atoms with E-state index in [1.807, 2.05) is 0 Å². The van der Waals surface area contributed by atoms with Crippen molar-refractivity contribution in [2.45, 2.75) is 12.0 Å². The number of hydrogen-bond acceptors (Lipinski definition) is 5. The summed E-state index contributed by atoms with van der Waals surface area (Å²) in [6.45, 7) is 0.187. The zero-order chi connectivity index (χ0) is 13.7. The van der Waals surface area contributed by atoms with Crippen LogP contribution < -0.4 is 0 Å². The molecule has 1 aliphatic rings. The van der Waals surface area contributed by atoms with Crippen molar-refractivity contribution in [3.8, 4) is 0 Å². The van der Waals surface area contributed by atoms with Gasteiger partial charge in [0, 0.05) is 6.42 Å². The van der Waals surface area contributed by atoms with E-state index in [1.54, 1.807) is 30.3 Å². The molecular formula is C14H14O5. The molecule has 5 nitrogen and oxygen atoms in total. The fourth-order valence-electron chi connectivity index (χ4n) is 1.70. The Hall–Kier alpha value is -2.14. The van der Waals surface area contributed by atoms with Crippen molar-refractivity contribution in [2.24, 2.45) is 0 Å². The first kappa shape index (κ1) is 13.3. The van der Waals surface area contributed by atoms with Crippen molar-refractivity contribution in [1.29, 1.82) is 0 Å². The molecule has 0 saturated carbocycles. The summed E-state index contributed by atoms with van der Waals surface area (Å²) in [5, 5.41) is 9.84. The number of hydrogen-bond donors (Lipinski definition) is 1. The van der Waals surface area contributed by atoms with E-state index >= 15 is 0 Å². The highest BCUT2D eigenvalue weighted by Gasteiger charge is 2.39. The lowest BCUT2D eigenvalue weighted by molar-refractivity contribution is -0.149. The summed E-state index contributed by atoms with van der Waals surface area (Å²) in [5.41, 5.74) is -1.13. The zero-order valence-corrected chi connectivity index (χ0v) is 10.2. The molecule has 100 valence electrons. The maximum Gasteiger partial charge on any atom is 0.342 e. The Balaban J connectivity index is 1.84. The minimum atomic E-state index is -1.58. The van der Waals surface area contributed by atoms with E-state index in [-0.39, 0.29) is 19.6 Å². The standard InChI is InChI=1S/C14H14O5/c15-12(11-5-2-1-3-6-11)18-9-4-7-14(17)8-10-19-13(14)16/h1-7,17H,8-10H2/b7-4+. The summed E-state index contributed by atoms with van der Waals surface area (Å²) < 4.78 is 9.65. The predicted octanol–water partition coefficient (Wildman–Crippen LogP) is 1.08. The Morgan fingerprint density at radius 2 is 2.16 bits per heavy atom. The van der Waals surface area contributed by atoms with E-state index in [4.69, 9.17) is 4.74 Å². The minimum absolute atomic E-state index is 0.0106. The SMILES string of the molecule is O=C(OC/C=C/C1(O)CCOC1=O)c1ccccc1. The van der Waals surface area contributed by atoms with Gasteiger partial charge in [-0.05, 0) is 24.3 Å². The van der Waals surface area contributed by atoms with Crippen molar-refractivity contribution in [3.05, 3.63) is 48.0 Å². The van der Waals surface area contributed by atoms with Crippen LogP contribution in [0, 0.1) is 0 Å². The number of aliphatic hydroxyl groups is 1. The van der Waals surface area contributed by atoms with Gasteiger partial charge in [-0.2, -0.15) is 0 Å². The third-order valence-electron chi connectivity index (χ3n) is 2.78. The van der Waals surface area contributed by atoms with Gasteiger partial charge in [-0.1, -0.05) is 18.2 Å². The van der Waals surface area contributed by atoms with Crippen LogP contribution in [0.5, 0.6) is 0 Å². The number of benzene rings is 1. The third kappa shape index (κ3) is 3.20. The molecule has 0 radical (unpaired) electrons. The van der Waals surface area contributed by atoms with E-state index in [0.717, 1.165) is 0 Å². The third-order valence-corrected chi connectivity index (χ3v) is 2.78. The van der Waals surface area contributed by atoms with E-state index < -0.39 is 17.5 Å². The van der Waals surface area contributed by atoms with Crippen LogP contribution in [0.4, 0.5) is 0 Å². The molecule has 1 aliphatic heterocycles. The first-order valence-electron chi connectivity index (χ1n) is 5.91. The lowest BCUT2D eigenvalue weighted by Gasteiger charge is -2.11. The number of esters is 2. The van der Waals surface area contributed by atoms with Crippen LogP contribution in [0.15, 0.2) is 42.5 Å². The van der Waals surface area contributed by atoms with E-state index in [2.05, 4.69) is 4.74 Å². The molecule has 0 amide bonds. The molecule has 0 spiro atoms. The smallest absolute Gasteiger partial charge is 0.342 e. The van der Waals surface area contributed by atoms with Gasteiger partial charge in [0.15, 0.2) is 5.60 Å². The number of ether oxygens (including phenoxy) is 2. The molecule has 0 aromatic heterocycles. The Bertz CT molecular complexity index is 494. The average molecular weight is 262 g/mol. The second-order valence-electron chi connectivity index (χ2n) is 4.18. The molecule has 19 heavy (non-hydrogen) atoms. The van der Waals surface area contributed by atoms with Gasteiger partial charge >= 0.3 is 11.9 Å². The summed E-state index contributed by atoms with van der Waals surface area (Å²) in [5.74, 6) is -1.12. The maximum absolute atomic E-state index is 11.6. The highest BCUT2D eigenvalue weighted by atomic mass is 16.6. The quantitative estimate of drug-likeness (QED) is 0.649. The summed E-state index contributed by atoms with van der Waals surface area (Å²) >= 11 is 0. The molecule has 5 heteroatoms. The van der Waals surface area contributed by atoms with Crippen LogP contribution in [0.2, 0.25) is 0 Å².